The van der Waals surface area contributed by atoms with Crippen LogP contribution in [0.25, 0.3) is 0 Å². The second-order valence-corrected chi connectivity index (χ2v) is 6.12. The molecule has 0 aliphatic rings. The molecule has 2 aromatic carbocycles. The Hall–Kier alpha value is -3.20. The molecule has 1 aromatic heterocycles. The molecule has 0 fully saturated rings. The molecule has 7 nitrogen and oxygen atoms in total. The minimum Gasteiger partial charge on any atom is -0.497 e. The molecule has 26 heavy (non-hydrogen) atoms. The second-order valence-electron chi connectivity index (χ2n) is 5.05. The first-order chi connectivity index (χ1) is 12.6. The molecule has 1 heterocycles. The molecule has 0 radical (unpaired) electrons. The van der Waals surface area contributed by atoms with Crippen LogP contribution >= 0.6 is 11.3 Å². The number of aromatic nitrogens is 2. The predicted octanol–water partition coefficient (Wildman–Crippen LogP) is 3.91. The van der Waals surface area contributed by atoms with Crippen molar-refractivity contribution in [2.45, 2.75) is 6.61 Å². The second kappa shape index (κ2) is 8.26. The van der Waals surface area contributed by atoms with Crippen molar-refractivity contribution in [1.82, 2.24) is 10.2 Å². The third kappa shape index (κ3) is 4.90. The van der Waals surface area contributed by atoms with Crippen molar-refractivity contribution >= 4 is 28.2 Å². The highest BCUT2D eigenvalue weighted by atomic mass is 32.1. The van der Waals surface area contributed by atoms with Crippen molar-refractivity contribution in [3.63, 3.8) is 0 Å². The topological polar surface area (TPSA) is 85.4 Å². The van der Waals surface area contributed by atoms with Crippen LogP contribution in [-0.4, -0.2) is 23.3 Å². The van der Waals surface area contributed by atoms with Crippen molar-refractivity contribution in [2.24, 2.45) is 0 Å². The molecule has 0 saturated heterocycles. The summed E-state index contributed by atoms with van der Waals surface area (Å²) in [6.07, 6.45) is 0. The zero-order chi connectivity index (χ0) is 18.4. The van der Waals surface area contributed by atoms with Crippen LogP contribution < -0.4 is 20.1 Å². The lowest BCUT2D eigenvalue weighted by Gasteiger charge is -2.06. The molecule has 2 amide bonds. The van der Waals surface area contributed by atoms with E-state index >= 15 is 0 Å². The van der Waals surface area contributed by atoms with E-state index in [0.717, 1.165) is 0 Å². The normalized spacial score (nSPS) is 10.2. The number of nitrogens with zero attached hydrogens (tertiary/aromatic N) is 2. The molecular formula is C17H15FN4O3S. The molecule has 3 rings (SSSR count). The first-order valence-corrected chi connectivity index (χ1v) is 8.37. The average molecular weight is 374 g/mol. The lowest BCUT2D eigenvalue weighted by atomic mass is 10.3. The number of hydrogen-bond donors (Lipinski definition) is 2. The van der Waals surface area contributed by atoms with Gasteiger partial charge in [0.25, 0.3) is 0 Å². The SMILES string of the molecule is COc1cccc(NC(=O)Nc2nnc(COc3ccc(F)cc3)s2)c1. The van der Waals surface area contributed by atoms with E-state index in [4.69, 9.17) is 9.47 Å². The summed E-state index contributed by atoms with van der Waals surface area (Å²) in [6.45, 7) is 0.169. The third-order valence-corrected chi connectivity index (χ3v) is 4.00. The Morgan fingerprint density at radius 2 is 1.92 bits per heavy atom. The molecule has 134 valence electrons. The molecule has 3 aromatic rings. The van der Waals surface area contributed by atoms with E-state index in [1.54, 1.807) is 31.4 Å². The zero-order valence-electron chi connectivity index (χ0n) is 13.7. The van der Waals surface area contributed by atoms with Gasteiger partial charge in [0.1, 0.15) is 23.9 Å². The first-order valence-electron chi connectivity index (χ1n) is 7.55. The molecule has 0 unspecified atom stereocenters. The van der Waals surface area contributed by atoms with Crippen molar-refractivity contribution in [3.8, 4) is 11.5 Å². The van der Waals surface area contributed by atoms with E-state index in [1.165, 1.54) is 35.6 Å². The highest BCUT2D eigenvalue weighted by Crippen LogP contribution is 2.20. The number of amides is 2. The molecule has 0 bridgehead atoms. The number of anilines is 2. The fourth-order valence-corrected chi connectivity index (χ4v) is 2.65. The highest BCUT2D eigenvalue weighted by Gasteiger charge is 2.09. The van der Waals surface area contributed by atoms with E-state index in [1.807, 2.05) is 0 Å². The minimum atomic E-state index is -0.444. The summed E-state index contributed by atoms with van der Waals surface area (Å²) >= 11 is 1.18. The molecule has 0 aliphatic carbocycles. The molecular weight excluding hydrogens is 359 g/mol. The highest BCUT2D eigenvalue weighted by molar-refractivity contribution is 7.15. The first kappa shape index (κ1) is 17.6. The number of halogens is 1. The number of urea groups is 1. The molecule has 0 spiro atoms. The Balaban J connectivity index is 1.52. The molecule has 2 N–H and O–H groups in total. The molecule has 0 saturated carbocycles. The van der Waals surface area contributed by atoms with Gasteiger partial charge in [0.05, 0.1) is 7.11 Å². The van der Waals surface area contributed by atoms with Crippen LogP contribution in [0.5, 0.6) is 11.5 Å². The summed E-state index contributed by atoms with van der Waals surface area (Å²) in [7, 11) is 1.55. The van der Waals surface area contributed by atoms with Crippen LogP contribution in [0.3, 0.4) is 0 Å². The van der Waals surface area contributed by atoms with E-state index in [9.17, 15) is 9.18 Å². The lowest BCUT2D eigenvalue weighted by molar-refractivity contribution is 0.262. The van der Waals surface area contributed by atoms with Gasteiger partial charge in [-0.25, -0.2) is 9.18 Å². The van der Waals surface area contributed by atoms with Crippen LogP contribution in [-0.2, 0) is 6.61 Å². The van der Waals surface area contributed by atoms with Gasteiger partial charge in [0.15, 0.2) is 5.01 Å². The quantitative estimate of drug-likeness (QED) is 0.683. The summed E-state index contributed by atoms with van der Waals surface area (Å²) in [4.78, 5) is 12.0. The van der Waals surface area contributed by atoms with E-state index in [0.29, 0.717) is 27.3 Å². The summed E-state index contributed by atoms with van der Waals surface area (Å²) < 4.78 is 23.4. The Bertz CT molecular complexity index is 886. The van der Waals surface area contributed by atoms with Gasteiger partial charge in [0, 0.05) is 11.8 Å². The van der Waals surface area contributed by atoms with Crippen LogP contribution in [0.2, 0.25) is 0 Å². The van der Waals surface area contributed by atoms with Crippen LogP contribution in [0.4, 0.5) is 20.0 Å². The van der Waals surface area contributed by atoms with Crippen molar-refractivity contribution in [3.05, 3.63) is 59.4 Å². The molecule has 0 atom stereocenters. The predicted molar refractivity (Wildman–Crippen MR) is 96.3 cm³/mol. The Morgan fingerprint density at radius 3 is 2.69 bits per heavy atom. The van der Waals surface area contributed by atoms with Gasteiger partial charge < -0.3 is 14.8 Å². The smallest absolute Gasteiger partial charge is 0.325 e. The van der Waals surface area contributed by atoms with Gasteiger partial charge >= 0.3 is 6.03 Å². The standard InChI is InChI=1S/C17H15FN4O3S/c1-24-14-4-2-3-12(9-14)19-16(23)20-17-22-21-15(26-17)10-25-13-7-5-11(18)6-8-13/h2-9H,10H2,1H3,(H2,19,20,22,23). The Kier molecular flexibility index (Phi) is 5.59. The van der Waals surface area contributed by atoms with Gasteiger partial charge in [-0.2, -0.15) is 0 Å². The number of hydrogen-bond acceptors (Lipinski definition) is 6. The van der Waals surface area contributed by atoms with Gasteiger partial charge in [-0.15, -0.1) is 10.2 Å². The lowest BCUT2D eigenvalue weighted by Crippen LogP contribution is -2.19. The fourth-order valence-electron chi connectivity index (χ4n) is 2.00. The Labute approximate surface area is 152 Å². The molecule has 9 heteroatoms. The number of benzene rings is 2. The maximum absolute atomic E-state index is 12.8. The molecule has 0 aliphatic heterocycles. The summed E-state index contributed by atoms with van der Waals surface area (Å²) in [5.74, 6) is 0.827. The van der Waals surface area contributed by atoms with Crippen molar-refractivity contribution in [1.29, 1.82) is 0 Å². The van der Waals surface area contributed by atoms with Crippen LogP contribution in [0.1, 0.15) is 5.01 Å². The summed E-state index contributed by atoms with van der Waals surface area (Å²) in [6, 6.07) is 12.2. The number of carbonyl (C=O) groups is 1. The van der Waals surface area contributed by atoms with Gasteiger partial charge in [0.2, 0.25) is 5.13 Å². The van der Waals surface area contributed by atoms with Crippen LogP contribution in [0.15, 0.2) is 48.5 Å². The number of carbonyl (C=O) groups excluding carboxylic acids is 1. The van der Waals surface area contributed by atoms with Crippen LogP contribution in [0, 0.1) is 5.82 Å². The van der Waals surface area contributed by atoms with Crippen molar-refractivity contribution in [2.75, 3.05) is 17.7 Å². The van der Waals surface area contributed by atoms with Gasteiger partial charge in [-0.1, -0.05) is 17.4 Å². The third-order valence-electron chi connectivity index (χ3n) is 3.19. The van der Waals surface area contributed by atoms with Gasteiger partial charge in [-0.3, -0.25) is 5.32 Å². The number of rotatable bonds is 6. The number of methoxy groups -OCH3 is 1. The fraction of sp³-hybridized carbons (Fsp3) is 0.118. The van der Waals surface area contributed by atoms with Gasteiger partial charge in [-0.05, 0) is 36.4 Å². The monoisotopic (exact) mass is 374 g/mol. The zero-order valence-corrected chi connectivity index (χ0v) is 14.5. The summed E-state index contributed by atoms with van der Waals surface area (Å²) in [5, 5.41) is 14.0. The minimum absolute atomic E-state index is 0.169. The number of nitrogens with one attached hydrogen (secondary N) is 2. The van der Waals surface area contributed by atoms with E-state index < -0.39 is 6.03 Å². The van der Waals surface area contributed by atoms with E-state index in [-0.39, 0.29) is 12.4 Å². The summed E-state index contributed by atoms with van der Waals surface area (Å²) in [5.41, 5.74) is 0.589. The maximum atomic E-state index is 12.8. The van der Waals surface area contributed by atoms with Crippen molar-refractivity contribution < 1.29 is 18.7 Å². The Morgan fingerprint density at radius 1 is 1.12 bits per heavy atom. The average Bonchev–Trinajstić information content (AvgIpc) is 3.08. The maximum Gasteiger partial charge on any atom is 0.325 e. The number of ether oxygens (including phenoxy) is 2. The van der Waals surface area contributed by atoms with E-state index in [2.05, 4.69) is 20.8 Å². The largest absolute Gasteiger partial charge is 0.497 e.